The van der Waals surface area contributed by atoms with Crippen LogP contribution in [0.4, 0.5) is 5.69 Å². The Hall–Kier alpha value is -3.71. The Bertz CT molecular complexity index is 1370. The number of fused-ring (bicyclic) bond motifs is 1. The van der Waals surface area contributed by atoms with Crippen LogP contribution < -0.4 is 10.1 Å². The molecule has 7 heteroatoms. The van der Waals surface area contributed by atoms with Crippen molar-refractivity contribution in [3.05, 3.63) is 101 Å². The van der Waals surface area contributed by atoms with Crippen molar-refractivity contribution in [1.82, 2.24) is 0 Å². The molecule has 0 saturated heterocycles. The van der Waals surface area contributed by atoms with Crippen molar-refractivity contribution < 1.29 is 17.9 Å². The monoisotopic (exact) mass is 446 g/mol. The molecule has 1 aliphatic rings. The van der Waals surface area contributed by atoms with E-state index in [1.165, 1.54) is 6.08 Å². The zero-order valence-electron chi connectivity index (χ0n) is 17.9. The normalized spacial score (nSPS) is 14.7. The van der Waals surface area contributed by atoms with Crippen LogP contribution in [0.5, 0.6) is 5.75 Å². The fraction of sp³-hybridized carbons (Fsp3) is 0.120. The largest absolute Gasteiger partial charge is 0.497 e. The average Bonchev–Trinajstić information content (AvgIpc) is 2.79. The van der Waals surface area contributed by atoms with Crippen LogP contribution in [-0.4, -0.2) is 27.0 Å². The highest BCUT2D eigenvalue weighted by Gasteiger charge is 2.26. The van der Waals surface area contributed by atoms with E-state index in [1.807, 2.05) is 13.0 Å². The number of allylic oxidation sites excluding steroid dienone is 2. The minimum Gasteiger partial charge on any atom is -0.497 e. The third-order valence-electron chi connectivity index (χ3n) is 5.18. The third-order valence-corrected chi connectivity index (χ3v) is 6.62. The van der Waals surface area contributed by atoms with E-state index in [0.29, 0.717) is 28.1 Å². The van der Waals surface area contributed by atoms with Gasteiger partial charge in [-0.25, -0.2) is 0 Å². The van der Waals surface area contributed by atoms with Crippen molar-refractivity contribution >= 4 is 27.2 Å². The summed E-state index contributed by atoms with van der Waals surface area (Å²) in [6.45, 7) is 3.56. The molecule has 1 N–H and O–H groups in total. The maximum atomic E-state index is 13.2. The highest BCUT2D eigenvalue weighted by Crippen LogP contribution is 2.27. The first kappa shape index (κ1) is 21.5. The minimum atomic E-state index is -3.99. The molecule has 0 spiro atoms. The summed E-state index contributed by atoms with van der Waals surface area (Å²) in [5, 5.41) is 3.08. The van der Waals surface area contributed by atoms with E-state index in [-0.39, 0.29) is 22.1 Å². The molecule has 6 nitrogen and oxygen atoms in total. The zero-order chi connectivity index (χ0) is 22.9. The number of benzene rings is 3. The van der Waals surface area contributed by atoms with Crippen LogP contribution in [0.15, 0.2) is 87.8 Å². The Morgan fingerprint density at radius 1 is 0.906 bits per heavy atom. The van der Waals surface area contributed by atoms with Crippen LogP contribution in [0.2, 0.25) is 0 Å². The highest BCUT2D eigenvalue weighted by atomic mass is 32.2. The quantitative estimate of drug-likeness (QED) is 0.615. The highest BCUT2D eigenvalue weighted by molar-refractivity contribution is 7.90. The predicted molar refractivity (Wildman–Crippen MR) is 125 cm³/mol. The molecule has 0 saturated carbocycles. The number of sulfonamides is 1. The van der Waals surface area contributed by atoms with Crippen molar-refractivity contribution in [1.29, 1.82) is 0 Å². The number of ketones is 1. The van der Waals surface area contributed by atoms with Gasteiger partial charge in [0.05, 0.1) is 23.4 Å². The molecule has 162 valence electrons. The average molecular weight is 447 g/mol. The van der Waals surface area contributed by atoms with Crippen LogP contribution >= 0.6 is 0 Å². The number of hydrogen-bond donors (Lipinski definition) is 1. The first-order valence-corrected chi connectivity index (χ1v) is 11.4. The fourth-order valence-electron chi connectivity index (χ4n) is 3.49. The van der Waals surface area contributed by atoms with Gasteiger partial charge < -0.3 is 10.1 Å². The molecule has 0 amide bonds. The first-order valence-electron chi connectivity index (χ1n) is 9.97. The number of ether oxygens (including phenoxy) is 1. The summed E-state index contributed by atoms with van der Waals surface area (Å²) in [5.41, 5.74) is 3.42. The molecule has 3 aromatic rings. The van der Waals surface area contributed by atoms with Crippen LogP contribution in [-0.2, 0) is 10.0 Å². The lowest BCUT2D eigenvalue weighted by Gasteiger charge is -2.19. The molecule has 0 heterocycles. The Morgan fingerprint density at radius 2 is 1.59 bits per heavy atom. The maximum Gasteiger partial charge on any atom is 0.283 e. The van der Waals surface area contributed by atoms with Gasteiger partial charge in [0.15, 0.2) is 0 Å². The summed E-state index contributed by atoms with van der Waals surface area (Å²) >= 11 is 0. The third kappa shape index (κ3) is 4.20. The predicted octanol–water partition coefficient (Wildman–Crippen LogP) is 4.68. The van der Waals surface area contributed by atoms with Crippen molar-refractivity contribution in [3.8, 4) is 5.75 Å². The standard InChI is InChI=1S/C25H22N2O4S/c1-16-8-9-17(2)24(14-16)32(29,30)27-22-15-23(25(28)21-7-5-4-6-20(21)22)26-18-10-12-19(31-3)13-11-18/h4-15,26H,1-3H3/b27-22-. The first-order chi connectivity index (χ1) is 15.3. The number of carbonyl (C=O) groups excluding carboxylic acids is 1. The van der Waals surface area contributed by atoms with Crippen molar-refractivity contribution in [2.75, 3.05) is 12.4 Å². The minimum absolute atomic E-state index is 0.150. The van der Waals surface area contributed by atoms with E-state index in [2.05, 4.69) is 9.71 Å². The summed E-state index contributed by atoms with van der Waals surface area (Å²) in [5.74, 6) is 0.450. The smallest absolute Gasteiger partial charge is 0.283 e. The second-order valence-electron chi connectivity index (χ2n) is 7.51. The van der Waals surface area contributed by atoms with Crippen LogP contribution in [0, 0.1) is 13.8 Å². The van der Waals surface area contributed by atoms with Crippen molar-refractivity contribution in [3.63, 3.8) is 0 Å². The van der Waals surface area contributed by atoms with Gasteiger partial charge in [-0.2, -0.15) is 12.8 Å². The van der Waals surface area contributed by atoms with Gasteiger partial charge in [0, 0.05) is 16.8 Å². The van der Waals surface area contributed by atoms with Gasteiger partial charge in [-0.05, 0) is 61.4 Å². The van der Waals surface area contributed by atoms with Gasteiger partial charge >= 0.3 is 0 Å². The van der Waals surface area contributed by atoms with Gasteiger partial charge in [-0.1, -0.05) is 36.4 Å². The van der Waals surface area contributed by atoms with Gasteiger partial charge in [-0.3, -0.25) is 4.79 Å². The molecule has 32 heavy (non-hydrogen) atoms. The van der Waals surface area contributed by atoms with E-state index in [0.717, 1.165) is 5.56 Å². The number of methoxy groups -OCH3 is 1. The second-order valence-corrected chi connectivity index (χ2v) is 9.08. The molecule has 0 fully saturated rings. The van der Waals surface area contributed by atoms with E-state index >= 15 is 0 Å². The topological polar surface area (TPSA) is 84.8 Å². The number of nitrogens with zero attached hydrogens (tertiary/aromatic N) is 1. The molecular formula is C25H22N2O4S. The van der Waals surface area contributed by atoms with Gasteiger partial charge in [0.25, 0.3) is 10.0 Å². The number of carbonyl (C=O) groups is 1. The van der Waals surface area contributed by atoms with Gasteiger partial charge in [0.2, 0.25) is 5.78 Å². The Labute approximate surface area is 187 Å². The molecule has 0 aromatic heterocycles. The summed E-state index contributed by atoms with van der Waals surface area (Å²) in [6, 6.07) is 19.2. The Morgan fingerprint density at radius 3 is 2.28 bits per heavy atom. The van der Waals surface area contributed by atoms with Crippen molar-refractivity contribution in [2.24, 2.45) is 4.40 Å². The van der Waals surface area contributed by atoms with Gasteiger partial charge in [-0.15, -0.1) is 0 Å². The molecular weight excluding hydrogens is 424 g/mol. The number of anilines is 1. The van der Waals surface area contributed by atoms with Crippen LogP contribution in [0.3, 0.4) is 0 Å². The molecule has 1 aliphatic carbocycles. The number of aryl methyl sites for hydroxylation is 2. The maximum absolute atomic E-state index is 13.2. The van der Waals surface area contributed by atoms with Gasteiger partial charge in [0.1, 0.15) is 5.75 Å². The van der Waals surface area contributed by atoms with E-state index < -0.39 is 10.0 Å². The van der Waals surface area contributed by atoms with Crippen molar-refractivity contribution in [2.45, 2.75) is 18.7 Å². The van der Waals surface area contributed by atoms with Crippen LogP contribution in [0.1, 0.15) is 27.0 Å². The second kappa shape index (κ2) is 8.43. The molecule has 0 aliphatic heterocycles. The number of rotatable bonds is 5. The molecule has 3 aromatic carbocycles. The molecule has 4 rings (SSSR count). The molecule has 0 bridgehead atoms. The number of hydrogen-bond acceptors (Lipinski definition) is 5. The summed E-state index contributed by atoms with van der Waals surface area (Å²) in [4.78, 5) is 13.2. The molecule has 0 atom stereocenters. The Balaban J connectivity index is 1.81. The van der Waals surface area contributed by atoms with Crippen LogP contribution in [0.25, 0.3) is 0 Å². The van der Waals surface area contributed by atoms with E-state index in [1.54, 1.807) is 74.7 Å². The van der Waals surface area contributed by atoms with E-state index in [9.17, 15) is 13.2 Å². The number of nitrogens with one attached hydrogen (secondary N) is 1. The lowest BCUT2D eigenvalue weighted by molar-refractivity contribution is 0.103. The molecule has 0 radical (unpaired) electrons. The fourth-order valence-corrected chi connectivity index (χ4v) is 4.81. The molecule has 0 unspecified atom stereocenters. The lowest BCUT2D eigenvalue weighted by atomic mass is 9.92. The SMILES string of the molecule is COc1ccc(NC2=C/C(=N/S(=O)(=O)c3cc(C)ccc3C)c3ccccc3C2=O)cc1. The lowest BCUT2D eigenvalue weighted by Crippen LogP contribution is -2.22. The summed E-state index contributed by atoms with van der Waals surface area (Å²) in [6.07, 6.45) is 1.48. The van der Waals surface area contributed by atoms with E-state index in [4.69, 9.17) is 4.74 Å². The number of Topliss-reactive ketones (excluding diaryl/α,β-unsaturated/α-hetero) is 1. The zero-order valence-corrected chi connectivity index (χ0v) is 18.7. The summed E-state index contributed by atoms with van der Waals surface area (Å²) < 4.78 is 35.6. The Kier molecular flexibility index (Phi) is 5.67. The summed E-state index contributed by atoms with van der Waals surface area (Å²) in [7, 11) is -2.42.